The van der Waals surface area contributed by atoms with Crippen molar-refractivity contribution in [1.82, 2.24) is 9.80 Å². The van der Waals surface area contributed by atoms with E-state index >= 15 is 0 Å². The van der Waals surface area contributed by atoms with Gasteiger partial charge >= 0.3 is 0 Å². The lowest BCUT2D eigenvalue weighted by atomic mass is 10.1. The quantitative estimate of drug-likeness (QED) is 0.767. The third-order valence-electron chi connectivity index (χ3n) is 4.86. The lowest BCUT2D eigenvalue weighted by Gasteiger charge is -2.14. The maximum atomic E-state index is 12.3. The Kier molecular flexibility index (Phi) is 4.75. The van der Waals surface area contributed by atoms with Gasteiger partial charge in [0.25, 0.3) is 11.8 Å². The first-order chi connectivity index (χ1) is 13.1. The molecule has 0 radical (unpaired) electrons. The Bertz CT molecular complexity index is 908. The van der Waals surface area contributed by atoms with E-state index in [2.05, 4.69) is 28.4 Å². The highest BCUT2D eigenvalue weighted by atomic mass is 16.3. The van der Waals surface area contributed by atoms with Crippen molar-refractivity contribution in [2.75, 3.05) is 18.5 Å². The number of amides is 2. The molecule has 2 aromatic carbocycles. The van der Waals surface area contributed by atoms with Crippen LogP contribution in [0.1, 0.15) is 16.7 Å². The summed E-state index contributed by atoms with van der Waals surface area (Å²) in [6, 6.07) is 16.4. The van der Waals surface area contributed by atoms with Crippen LogP contribution in [0.5, 0.6) is 0 Å². The summed E-state index contributed by atoms with van der Waals surface area (Å²) in [5.74, 6) is -0.799. The standard InChI is InChI=1S/C21H21N3O3/c25-9-8-24-20(26)11-19(21(24)27)22-18-7-6-16-13-23(14-17(16)10-18)12-15-4-2-1-3-5-15/h1-7,10-11,22,25H,8-9,12-14H2. The summed E-state index contributed by atoms with van der Waals surface area (Å²) < 4.78 is 0. The van der Waals surface area contributed by atoms with E-state index in [1.54, 1.807) is 0 Å². The molecular formula is C21H21N3O3. The van der Waals surface area contributed by atoms with Crippen molar-refractivity contribution in [3.8, 4) is 0 Å². The van der Waals surface area contributed by atoms with E-state index < -0.39 is 11.8 Å². The normalized spacial score (nSPS) is 16.6. The Labute approximate surface area is 157 Å². The van der Waals surface area contributed by atoms with Crippen LogP contribution in [0.25, 0.3) is 0 Å². The molecule has 2 aromatic rings. The van der Waals surface area contributed by atoms with Crippen LogP contribution >= 0.6 is 0 Å². The van der Waals surface area contributed by atoms with E-state index in [1.807, 2.05) is 30.3 Å². The van der Waals surface area contributed by atoms with Crippen molar-refractivity contribution in [2.24, 2.45) is 0 Å². The number of rotatable bonds is 6. The molecule has 2 amide bonds. The second kappa shape index (κ2) is 7.34. The number of imide groups is 1. The number of β-amino-alcohol motifs (C(OH)–C–C–N with tert-alkyl or cyclic N) is 1. The maximum Gasteiger partial charge on any atom is 0.277 e. The average Bonchev–Trinajstić information content (AvgIpc) is 3.18. The minimum absolute atomic E-state index is 0.0119. The Balaban J connectivity index is 1.43. The molecule has 2 heterocycles. The van der Waals surface area contributed by atoms with E-state index in [-0.39, 0.29) is 18.8 Å². The molecule has 4 rings (SSSR count). The highest BCUT2D eigenvalue weighted by Gasteiger charge is 2.30. The number of hydrogen-bond acceptors (Lipinski definition) is 5. The molecule has 2 aliphatic heterocycles. The SMILES string of the molecule is O=C1C=C(Nc2ccc3c(c2)CN(Cc2ccccc2)C3)C(=O)N1CCO. The second-order valence-corrected chi connectivity index (χ2v) is 6.82. The monoisotopic (exact) mass is 363 g/mol. The van der Waals surface area contributed by atoms with Gasteiger partial charge in [0.1, 0.15) is 5.70 Å². The second-order valence-electron chi connectivity index (χ2n) is 6.82. The number of nitrogens with zero attached hydrogens (tertiary/aromatic N) is 2. The van der Waals surface area contributed by atoms with Gasteiger partial charge in [0.2, 0.25) is 0 Å². The van der Waals surface area contributed by atoms with Crippen molar-refractivity contribution in [2.45, 2.75) is 19.6 Å². The zero-order valence-electron chi connectivity index (χ0n) is 14.9. The van der Waals surface area contributed by atoms with Crippen molar-refractivity contribution < 1.29 is 14.7 Å². The predicted molar refractivity (Wildman–Crippen MR) is 101 cm³/mol. The number of carbonyl (C=O) groups excluding carboxylic acids is 2. The minimum atomic E-state index is -0.403. The average molecular weight is 363 g/mol. The smallest absolute Gasteiger partial charge is 0.277 e. The zero-order chi connectivity index (χ0) is 18.8. The van der Waals surface area contributed by atoms with Gasteiger partial charge in [-0.3, -0.25) is 19.4 Å². The number of hydrogen-bond donors (Lipinski definition) is 2. The fourth-order valence-electron chi connectivity index (χ4n) is 3.56. The third kappa shape index (κ3) is 3.63. The molecule has 0 fully saturated rings. The fourth-order valence-corrected chi connectivity index (χ4v) is 3.56. The summed E-state index contributed by atoms with van der Waals surface area (Å²) in [5.41, 5.74) is 4.82. The van der Waals surface area contributed by atoms with Crippen LogP contribution in [0.2, 0.25) is 0 Å². The van der Waals surface area contributed by atoms with Gasteiger partial charge in [0, 0.05) is 31.4 Å². The van der Waals surface area contributed by atoms with Crippen molar-refractivity contribution in [1.29, 1.82) is 0 Å². The molecule has 0 atom stereocenters. The van der Waals surface area contributed by atoms with Gasteiger partial charge in [-0.25, -0.2) is 0 Å². The lowest BCUT2D eigenvalue weighted by Crippen LogP contribution is -2.34. The summed E-state index contributed by atoms with van der Waals surface area (Å²) in [4.78, 5) is 27.5. The van der Waals surface area contributed by atoms with Crippen molar-refractivity contribution in [3.63, 3.8) is 0 Å². The summed E-state index contributed by atoms with van der Waals surface area (Å²) in [6.07, 6.45) is 1.28. The zero-order valence-corrected chi connectivity index (χ0v) is 14.9. The van der Waals surface area contributed by atoms with Gasteiger partial charge in [-0.05, 0) is 28.8 Å². The number of carbonyl (C=O) groups is 2. The van der Waals surface area contributed by atoms with Gasteiger partial charge in [0.05, 0.1) is 13.2 Å². The summed E-state index contributed by atoms with van der Waals surface area (Å²) in [6.45, 7) is 2.41. The van der Waals surface area contributed by atoms with Gasteiger partial charge in [-0.2, -0.15) is 0 Å². The number of benzene rings is 2. The van der Waals surface area contributed by atoms with E-state index in [0.29, 0.717) is 0 Å². The maximum absolute atomic E-state index is 12.3. The van der Waals surface area contributed by atoms with Crippen LogP contribution in [0.3, 0.4) is 0 Å². The highest BCUT2D eigenvalue weighted by molar-refractivity contribution is 6.17. The van der Waals surface area contributed by atoms with Crippen LogP contribution in [-0.2, 0) is 29.2 Å². The van der Waals surface area contributed by atoms with Crippen LogP contribution < -0.4 is 5.32 Å². The first-order valence-electron chi connectivity index (χ1n) is 8.97. The molecule has 6 nitrogen and oxygen atoms in total. The van der Waals surface area contributed by atoms with Gasteiger partial charge in [0.15, 0.2) is 0 Å². The molecule has 138 valence electrons. The molecule has 6 heteroatoms. The molecule has 0 aliphatic carbocycles. The molecular weight excluding hydrogens is 342 g/mol. The molecule has 2 aliphatic rings. The largest absolute Gasteiger partial charge is 0.395 e. The predicted octanol–water partition coefficient (Wildman–Crippen LogP) is 1.86. The van der Waals surface area contributed by atoms with E-state index in [4.69, 9.17) is 5.11 Å². The topological polar surface area (TPSA) is 72.9 Å². The molecule has 0 aromatic heterocycles. The molecule has 0 spiro atoms. The molecule has 0 bridgehead atoms. The number of anilines is 1. The van der Waals surface area contributed by atoms with Crippen molar-refractivity contribution >= 4 is 17.5 Å². The molecule has 27 heavy (non-hydrogen) atoms. The van der Waals surface area contributed by atoms with Crippen LogP contribution in [0.4, 0.5) is 5.69 Å². The minimum Gasteiger partial charge on any atom is -0.395 e. The Hall–Kier alpha value is -2.96. The van der Waals surface area contributed by atoms with E-state index in [9.17, 15) is 9.59 Å². The first kappa shape index (κ1) is 17.5. The fraction of sp³-hybridized carbons (Fsp3) is 0.238. The van der Waals surface area contributed by atoms with Crippen LogP contribution in [-0.4, -0.2) is 39.9 Å². The van der Waals surface area contributed by atoms with Gasteiger partial charge in [-0.1, -0.05) is 36.4 Å². The lowest BCUT2D eigenvalue weighted by molar-refractivity contribution is -0.137. The summed E-state index contributed by atoms with van der Waals surface area (Å²) in [7, 11) is 0. The van der Waals surface area contributed by atoms with E-state index in [0.717, 1.165) is 30.2 Å². The molecule has 0 saturated carbocycles. The number of aliphatic hydroxyl groups is 1. The van der Waals surface area contributed by atoms with E-state index in [1.165, 1.54) is 22.8 Å². The van der Waals surface area contributed by atoms with Crippen molar-refractivity contribution in [3.05, 3.63) is 77.0 Å². The molecule has 2 N–H and O–H groups in total. The van der Waals surface area contributed by atoms with Crippen LogP contribution in [0.15, 0.2) is 60.3 Å². The van der Waals surface area contributed by atoms with Gasteiger partial charge < -0.3 is 10.4 Å². The van der Waals surface area contributed by atoms with Crippen LogP contribution in [0, 0.1) is 0 Å². The summed E-state index contributed by atoms with van der Waals surface area (Å²) >= 11 is 0. The Morgan fingerprint density at radius 2 is 1.78 bits per heavy atom. The Morgan fingerprint density at radius 3 is 2.56 bits per heavy atom. The molecule has 0 unspecified atom stereocenters. The molecule has 0 saturated heterocycles. The number of nitrogens with one attached hydrogen (secondary N) is 1. The van der Waals surface area contributed by atoms with Gasteiger partial charge in [-0.15, -0.1) is 0 Å². The Morgan fingerprint density at radius 1 is 1.00 bits per heavy atom. The highest BCUT2D eigenvalue weighted by Crippen LogP contribution is 2.28. The first-order valence-corrected chi connectivity index (χ1v) is 8.97. The summed E-state index contributed by atoms with van der Waals surface area (Å²) in [5, 5.41) is 12.0. The number of fused-ring (bicyclic) bond motifs is 1. The number of aliphatic hydroxyl groups excluding tert-OH is 1. The third-order valence-corrected chi connectivity index (χ3v) is 4.86.